The minimum absolute atomic E-state index is 0.0556. The number of aliphatic carboxylic acids is 1. The largest absolute Gasteiger partial charge is 0.542 e. The number of hydrogen-bond donors (Lipinski definition) is 0. The molecule has 0 unspecified atom stereocenters. The molecule has 0 amide bonds. The van der Waals surface area contributed by atoms with Gasteiger partial charge in [-0.3, -0.25) is 0 Å². The van der Waals surface area contributed by atoms with Crippen LogP contribution >= 0.6 is 0 Å². The lowest BCUT2D eigenvalue weighted by Crippen LogP contribution is -2.37. The summed E-state index contributed by atoms with van der Waals surface area (Å²) in [5.41, 5.74) is 0. The molecular weight excluding hydrogens is 213 g/mol. The second-order valence-corrected chi connectivity index (χ2v) is 2.71. The zero-order valence-electron chi connectivity index (χ0n) is 6.98. The van der Waals surface area contributed by atoms with E-state index in [0.29, 0.717) is 12.8 Å². The number of carboxylic acid groups (broad SMARTS) is 1. The molecule has 8 heteroatoms. The van der Waals surface area contributed by atoms with Crippen molar-refractivity contribution in [2.24, 2.45) is 0 Å². The predicted molar refractivity (Wildman–Crippen MR) is 32.5 cm³/mol. The summed E-state index contributed by atoms with van der Waals surface area (Å²) in [6.07, 6.45) is -3.82. The van der Waals surface area contributed by atoms with Crippen molar-refractivity contribution in [3.05, 3.63) is 0 Å². The highest BCUT2D eigenvalue weighted by Gasteiger charge is 2.34. The lowest BCUT2D eigenvalue weighted by molar-refractivity contribution is -1.16. The van der Waals surface area contributed by atoms with Gasteiger partial charge in [-0.25, -0.2) is 0 Å². The van der Waals surface area contributed by atoms with E-state index in [1.165, 1.54) is 0 Å². The van der Waals surface area contributed by atoms with E-state index in [9.17, 15) is 22.1 Å². The Morgan fingerprint density at radius 3 is 1.50 bits per heavy atom. The molecule has 1 fully saturated rings. The van der Waals surface area contributed by atoms with Crippen LogP contribution in [0.4, 0.5) is 22.1 Å². The number of carbonyl (C=O) groups is 1. The maximum atomic E-state index is 11.9. The van der Waals surface area contributed by atoms with Gasteiger partial charge < -0.3 is 9.90 Å². The summed E-state index contributed by atoms with van der Waals surface area (Å²) < 4.78 is 55.3. The highest BCUT2D eigenvalue weighted by molar-refractivity contribution is 5.70. The first kappa shape index (κ1) is 13.1. The fourth-order valence-corrected chi connectivity index (χ4v) is 0.798. The Bertz CT molecular complexity index is 195. The number of quaternary nitrogens is 1. The molecule has 0 aromatic rings. The third-order valence-corrected chi connectivity index (χ3v) is 1.45. The van der Waals surface area contributed by atoms with Gasteiger partial charge in [0.05, 0.1) is 4.93 Å². The van der Waals surface area contributed by atoms with Gasteiger partial charge in [0.2, 0.25) is 0 Å². The first-order chi connectivity index (χ1) is 6.15. The molecule has 0 aromatic heterocycles. The van der Waals surface area contributed by atoms with Gasteiger partial charge in [-0.1, -0.05) is 0 Å². The number of carboxylic acids is 1. The van der Waals surface area contributed by atoms with E-state index in [0.717, 1.165) is 0 Å². The smallest absolute Gasteiger partial charge is 0.430 e. The van der Waals surface area contributed by atoms with Gasteiger partial charge in [-0.05, 0) is 0 Å². The number of nitrogens with zero attached hydrogens (tertiary/aromatic N) is 1. The molecule has 84 valence electrons. The Kier molecular flexibility index (Phi) is 4.24. The minimum Gasteiger partial charge on any atom is -0.542 e. The highest BCUT2D eigenvalue weighted by Crippen LogP contribution is 2.19. The molecular formula is C6H8F5NO2. The standard InChI is InChI=1S/C4H8F2N.C2HF3O2/c5-7(6)3-1-2-4-7;3-2(4,5)1(6)7/h1-4H2;(H,6,7)/q+1;/p-1. The molecule has 1 heterocycles. The molecule has 0 radical (unpaired) electrons. The summed E-state index contributed by atoms with van der Waals surface area (Å²) in [7, 11) is 0. The predicted octanol–water partition coefficient (Wildman–Crippen LogP) is 0.665. The third kappa shape index (κ3) is 5.68. The van der Waals surface area contributed by atoms with Crippen LogP contribution in [0, 0.1) is 0 Å². The highest BCUT2D eigenvalue weighted by atomic mass is 19.4. The second kappa shape index (κ2) is 4.54. The van der Waals surface area contributed by atoms with Crippen molar-refractivity contribution in [2.75, 3.05) is 13.1 Å². The van der Waals surface area contributed by atoms with Crippen molar-refractivity contribution < 1.29 is 37.0 Å². The van der Waals surface area contributed by atoms with Gasteiger partial charge in [0.15, 0.2) is 13.1 Å². The summed E-state index contributed by atoms with van der Waals surface area (Å²) in [5.74, 6) is -3.01. The van der Waals surface area contributed by atoms with Crippen molar-refractivity contribution in [1.82, 2.24) is 0 Å². The fourth-order valence-electron chi connectivity index (χ4n) is 0.798. The lowest BCUT2D eigenvalue weighted by Gasteiger charge is -2.03. The summed E-state index contributed by atoms with van der Waals surface area (Å²) in [6.45, 7) is 0.111. The fraction of sp³-hybridized carbons (Fsp3) is 0.833. The second-order valence-electron chi connectivity index (χ2n) is 2.71. The molecule has 1 rings (SSSR count). The van der Waals surface area contributed by atoms with E-state index in [1.807, 2.05) is 0 Å². The molecule has 14 heavy (non-hydrogen) atoms. The average molecular weight is 221 g/mol. The maximum absolute atomic E-state index is 11.9. The molecule has 0 atom stereocenters. The molecule has 0 N–H and O–H groups in total. The van der Waals surface area contributed by atoms with Crippen molar-refractivity contribution in [2.45, 2.75) is 19.0 Å². The van der Waals surface area contributed by atoms with Gasteiger partial charge in [0, 0.05) is 21.8 Å². The van der Waals surface area contributed by atoms with Crippen LogP contribution in [0.5, 0.6) is 0 Å². The maximum Gasteiger partial charge on any atom is 0.430 e. The van der Waals surface area contributed by atoms with Crippen molar-refractivity contribution in [1.29, 1.82) is 0 Å². The van der Waals surface area contributed by atoms with Gasteiger partial charge in [-0.15, -0.1) is 0 Å². The third-order valence-electron chi connectivity index (χ3n) is 1.45. The van der Waals surface area contributed by atoms with E-state index in [2.05, 4.69) is 0 Å². The van der Waals surface area contributed by atoms with Crippen LogP contribution in [0.3, 0.4) is 0 Å². The molecule has 0 aliphatic carbocycles. The monoisotopic (exact) mass is 221 g/mol. The first-order valence-corrected chi connectivity index (χ1v) is 3.70. The van der Waals surface area contributed by atoms with Crippen LogP contribution in [0.15, 0.2) is 0 Å². The van der Waals surface area contributed by atoms with Crippen LogP contribution in [0.25, 0.3) is 0 Å². The zero-order chi connectivity index (χ0) is 11.4. The summed E-state index contributed by atoms with van der Waals surface area (Å²) >= 11 is 0. The normalized spacial score (nSPS) is 19.8. The van der Waals surface area contributed by atoms with Gasteiger partial charge in [0.25, 0.3) is 0 Å². The Balaban J connectivity index is 0.000000241. The minimum atomic E-state index is -5.19. The quantitative estimate of drug-likeness (QED) is 0.445. The number of hydrogen-bond acceptors (Lipinski definition) is 2. The van der Waals surface area contributed by atoms with Gasteiger partial charge >= 0.3 is 6.18 Å². The molecule has 0 saturated carbocycles. The topological polar surface area (TPSA) is 40.1 Å². The van der Waals surface area contributed by atoms with Crippen molar-refractivity contribution in [3.63, 3.8) is 0 Å². The van der Waals surface area contributed by atoms with Crippen LogP contribution in [-0.2, 0) is 4.79 Å². The van der Waals surface area contributed by atoms with Crippen molar-refractivity contribution in [3.8, 4) is 0 Å². The first-order valence-electron chi connectivity index (χ1n) is 3.70. The van der Waals surface area contributed by atoms with Gasteiger partial charge in [0.1, 0.15) is 5.97 Å². The lowest BCUT2D eigenvalue weighted by atomic mass is 10.4. The zero-order valence-corrected chi connectivity index (χ0v) is 6.98. The van der Waals surface area contributed by atoms with E-state index in [1.54, 1.807) is 0 Å². The van der Waals surface area contributed by atoms with Gasteiger partial charge in [-0.2, -0.15) is 13.2 Å². The molecule has 0 spiro atoms. The number of alkyl halides is 3. The Morgan fingerprint density at radius 1 is 1.14 bits per heavy atom. The van der Waals surface area contributed by atoms with E-state index in [-0.39, 0.29) is 13.1 Å². The molecule has 1 saturated heterocycles. The van der Waals surface area contributed by atoms with E-state index >= 15 is 0 Å². The average Bonchev–Trinajstić information content (AvgIpc) is 2.33. The number of rotatable bonds is 0. The van der Waals surface area contributed by atoms with Crippen LogP contribution in [0.2, 0.25) is 0 Å². The Labute approximate surface area is 76.2 Å². The SMILES string of the molecule is F[N+]1(F)CCCC1.O=C([O-])C(F)(F)F. The Hall–Kier alpha value is -0.920. The molecule has 1 aliphatic rings. The molecule has 0 bridgehead atoms. The number of halogens is 5. The summed E-state index contributed by atoms with van der Waals surface area (Å²) in [6, 6.07) is 0. The molecule has 3 nitrogen and oxygen atoms in total. The Morgan fingerprint density at radius 2 is 1.43 bits per heavy atom. The number of carbonyl (C=O) groups excluding carboxylic acids is 1. The van der Waals surface area contributed by atoms with Crippen molar-refractivity contribution >= 4 is 5.97 Å². The summed E-state index contributed by atoms with van der Waals surface area (Å²) in [5, 5.41) is 8.78. The van der Waals surface area contributed by atoms with Crippen LogP contribution < -0.4 is 5.11 Å². The summed E-state index contributed by atoms with van der Waals surface area (Å²) in [4.78, 5) is 7.03. The van der Waals surface area contributed by atoms with Crippen LogP contribution in [-0.4, -0.2) is 30.2 Å². The molecule has 0 aromatic carbocycles. The molecule has 1 aliphatic heterocycles. The van der Waals surface area contributed by atoms with Crippen LogP contribution in [0.1, 0.15) is 12.8 Å². The van der Waals surface area contributed by atoms with E-state index < -0.39 is 17.1 Å². The van der Waals surface area contributed by atoms with E-state index in [4.69, 9.17) is 9.90 Å².